The molecule has 0 unspecified atom stereocenters. The molecule has 2 N–H and O–H groups in total. The molecule has 1 aromatic heterocycles. The number of hydrogen-bond donors (Lipinski definition) is 2. The van der Waals surface area contributed by atoms with Crippen LogP contribution in [0.3, 0.4) is 0 Å². The lowest BCUT2D eigenvalue weighted by molar-refractivity contribution is 0.101. The van der Waals surface area contributed by atoms with Crippen molar-refractivity contribution in [3.63, 3.8) is 0 Å². The lowest BCUT2D eigenvalue weighted by Crippen LogP contribution is -2.17. The van der Waals surface area contributed by atoms with Crippen molar-refractivity contribution in [2.24, 2.45) is 0 Å². The van der Waals surface area contributed by atoms with Crippen molar-refractivity contribution in [2.75, 3.05) is 10.6 Å². The summed E-state index contributed by atoms with van der Waals surface area (Å²) in [5.74, 6) is -0.770. The van der Waals surface area contributed by atoms with E-state index < -0.39 is 0 Å². The second-order valence-corrected chi connectivity index (χ2v) is 6.96. The van der Waals surface area contributed by atoms with Crippen molar-refractivity contribution in [2.45, 2.75) is 0 Å². The van der Waals surface area contributed by atoms with Gasteiger partial charge in [-0.3, -0.25) is 19.4 Å². The molecule has 156 valence electrons. The summed E-state index contributed by atoms with van der Waals surface area (Å²) in [4.78, 5) is 41.7. The molecule has 0 saturated carbocycles. The summed E-state index contributed by atoms with van der Waals surface area (Å²) in [5.41, 5.74) is 2.87. The van der Waals surface area contributed by atoms with Gasteiger partial charge in [-0.15, -0.1) is 0 Å². The van der Waals surface area contributed by atoms with E-state index in [0.29, 0.717) is 33.6 Å². The van der Waals surface area contributed by atoms with Crippen LogP contribution in [0.5, 0.6) is 0 Å². The van der Waals surface area contributed by atoms with Crippen LogP contribution >= 0.6 is 0 Å². The first kappa shape index (κ1) is 20.7. The van der Waals surface area contributed by atoms with Crippen LogP contribution in [0.4, 0.5) is 11.4 Å². The van der Waals surface area contributed by atoms with Crippen LogP contribution in [-0.4, -0.2) is 22.6 Å². The highest BCUT2D eigenvalue weighted by molar-refractivity contribution is 6.11. The molecule has 0 aliphatic heterocycles. The van der Waals surface area contributed by atoms with Crippen molar-refractivity contribution in [3.05, 3.63) is 126 Å². The zero-order chi connectivity index (χ0) is 22.3. The van der Waals surface area contributed by atoms with Crippen LogP contribution in [-0.2, 0) is 0 Å². The number of aromatic nitrogens is 1. The maximum atomic E-state index is 12.8. The first-order chi connectivity index (χ1) is 15.6. The summed E-state index contributed by atoms with van der Waals surface area (Å²) in [6, 6.07) is 25.6. The highest BCUT2D eigenvalue weighted by atomic mass is 16.2. The SMILES string of the molecule is O=C(Nc1ccccc1NC(=O)c1ccc(C(=O)c2ccccc2)cc1)c1ccncc1. The van der Waals surface area contributed by atoms with E-state index in [-0.39, 0.29) is 17.6 Å². The van der Waals surface area contributed by atoms with Crippen LogP contribution in [0, 0.1) is 0 Å². The van der Waals surface area contributed by atoms with Gasteiger partial charge in [0.25, 0.3) is 11.8 Å². The Kier molecular flexibility index (Phi) is 6.13. The average molecular weight is 421 g/mol. The number of ketones is 1. The number of nitrogens with zero attached hydrogens (tertiary/aromatic N) is 1. The van der Waals surface area contributed by atoms with Gasteiger partial charge < -0.3 is 10.6 Å². The Morgan fingerprint density at radius 1 is 0.500 bits per heavy atom. The number of benzene rings is 3. The second-order valence-electron chi connectivity index (χ2n) is 6.96. The molecule has 1 heterocycles. The van der Waals surface area contributed by atoms with E-state index >= 15 is 0 Å². The summed E-state index contributed by atoms with van der Waals surface area (Å²) in [7, 11) is 0. The molecule has 0 aliphatic carbocycles. The van der Waals surface area contributed by atoms with Gasteiger partial charge in [0.1, 0.15) is 0 Å². The van der Waals surface area contributed by atoms with E-state index in [1.807, 2.05) is 6.07 Å². The van der Waals surface area contributed by atoms with Gasteiger partial charge in [0.15, 0.2) is 5.78 Å². The van der Waals surface area contributed by atoms with E-state index in [1.165, 1.54) is 12.4 Å². The number of amides is 2. The Balaban J connectivity index is 1.47. The van der Waals surface area contributed by atoms with Gasteiger partial charge in [0.05, 0.1) is 11.4 Å². The maximum Gasteiger partial charge on any atom is 0.255 e. The minimum absolute atomic E-state index is 0.110. The van der Waals surface area contributed by atoms with Gasteiger partial charge >= 0.3 is 0 Å². The zero-order valence-electron chi connectivity index (χ0n) is 17.0. The third kappa shape index (κ3) is 4.76. The molecule has 0 fully saturated rings. The largest absolute Gasteiger partial charge is 0.320 e. The molecular formula is C26H19N3O3. The van der Waals surface area contributed by atoms with E-state index in [9.17, 15) is 14.4 Å². The van der Waals surface area contributed by atoms with Gasteiger partial charge in [-0.1, -0.05) is 54.6 Å². The minimum atomic E-state index is -0.352. The van der Waals surface area contributed by atoms with E-state index in [0.717, 1.165) is 0 Å². The topological polar surface area (TPSA) is 88.2 Å². The number of carbonyl (C=O) groups is 3. The standard InChI is InChI=1S/C26H19N3O3/c30-24(18-6-2-1-3-7-18)19-10-12-20(13-11-19)25(31)28-22-8-4-5-9-23(22)29-26(32)21-14-16-27-17-15-21/h1-17H,(H,28,31)(H,29,32). The third-order valence-electron chi connectivity index (χ3n) is 4.81. The fourth-order valence-corrected chi connectivity index (χ4v) is 3.12. The normalized spacial score (nSPS) is 10.2. The molecule has 0 atom stereocenters. The van der Waals surface area contributed by atoms with Crippen molar-refractivity contribution in [1.29, 1.82) is 0 Å². The first-order valence-electron chi connectivity index (χ1n) is 9.93. The van der Waals surface area contributed by atoms with E-state index in [1.54, 1.807) is 84.9 Å². The molecule has 6 heteroatoms. The number of nitrogens with one attached hydrogen (secondary N) is 2. The Morgan fingerprint density at radius 3 is 1.50 bits per heavy atom. The summed E-state index contributed by atoms with van der Waals surface area (Å²) >= 11 is 0. The third-order valence-corrected chi connectivity index (χ3v) is 4.81. The Bertz CT molecular complexity index is 1250. The number of hydrogen-bond acceptors (Lipinski definition) is 4. The zero-order valence-corrected chi connectivity index (χ0v) is 17.0. The number of carbonyl (C=O) groups excluding carboxylic acids is 3. The van der Waals surface area contributed by atoms with Crippen molar-refractivity contribution in [1.82, 2.24) is 4.98 Å². The molecule has 0 aliphatic rings. The predicted octanol–water partition coefficient (Wildman–Crippen LogP) is 4.82. The summed E-state index contributed by atoms with van der Waals surface area (Å²) in [6.07, 6.45) is 3.07. The molecule has 6 nitrogen and oxygen atoms in total. The molecular weight excluding hydrogens is 402 g/mol. The number of para-hydroxylation sites is 2. The number of pyridine rings is 1. The molecule has 2 amide bonds. The van der Waals surface area contributed by atoms with Crippen molar-refractivity contribution < 1.29 is 14.4 Å². The summed E-state index contributed by atoms with van der Waals surface area (Å²) in [5, 5.41) is 5.61. The monoisotopic (exact) mass is 421 g/mol. The highest BCUT2D eigenvalue weighted by Crippen LogP contribution is 2.23. The van der Waals surface area contributed by atoms with E-state index in [4.69, 9.17) is 0 Å². The Labute approximate surface area is 185 Å². The van der Waals surface area contributed by atoms with Gasteiger partial charge in [0, 0.05) is 34.6 Å². The maximum absolute atomic E-state index is 12.8. The van der Waals surface area contributed by atoms with Gasteiger partial charge in [-0.2, -0.15) is 0 Å². The second kappa shape index (κ2) is 9.49. The fourth-order valence-electron chi connectivity index (χ4n) is 3.12. The smallest absolute Gasteiger partial charge is 0.255 e. The fraction of sp³-hybridized carbons (Fsp3) is 0. The Hall–Kier alpha value is -4.58. The van der Waals surface area contributed by atoms with Gasteiger partial charge in [-0.05, 0) is 36.4 Å². The molecule has 4 aromatic rings. The first-order valence-corrected chi connectivity index (χ1v) is 9.93. The van der Waals surface area contributed by atoms with Gasteiger partial charge in [-0.25, -0.2) is 0 Å². The number of anilines is 2. The molecule has 0 bridgehead atoms. The summed E-state index contributed by atoms with van der Waals surface area (Å²) in [6.45, 7) is 0. The minimum Gasteiger partial charge on any atom is -0.320 e. The number of rotatable bonds is 6. The average Bonchev–Trinajstić information content (AvgIpc) is 2.86. The Morgan fingerprint density at radius 2 is 0.938 bits per heavy atom. The lowest BCUT2D eigenvalue weighted by Gasteiger charge is -2.12. The van der Waals surface area contributed by atoms with Crippen LogP contribution in [0.15, 0.2) is 103 Å². The lowest BCUT2D eigenvalue weighted by atomic mass is 10.0. The summed E-state index contributed by atoms with van der Waals surface area (Å²) < 4.78 is 0. The molecule has 3 aromatic carbocycles. The molecule has 0 spiro atoms. The molecule has 0 saturated heterocycles. The molecule has 32 heavy (non-hydrogen) atoms. The van der Waals surface area contributed by atoms with Crippen molar-refractivity contribution in [3.8, 4) is 0 Å². The van der Waals surface area contributed by atoms with Crippen LogP contribution in [0.25, 0.3) is 0 Å². The predicted molar refractivity (Wildman–Crippen MR) is 123 cm³/mol. The van der Waals surface area contributed by atoms with Gasteiger partial charge in [0.2, 0.25) is 0 Å². The van der Waals surface area contributed by atoms with Crippen LogP contribution < -0.4 is 10.6 Å². The highest BCUT2D eigenvalue weighted by Gasteiger charge is 2.13. The quantitative estimate of drug-likeness (QED) is 0.437. The molecule has 0 radical (unpaired) electrons. The van der Waals surface area contributed by atoms with Crippen LogP contribution in [0.1, 0.15) is 36.6 Å². The van der Waals surface area contributed by atoms with E-state index in [2.05, 4.69) is 15.6 Å². The van der Waals surface area contributed by atoms with Crippen LogP contribution in [0.2, 0.25) is 0 Å². The molecule has 4 rings (SSSR count). The van der Waals surface area contributed by atoms with Crippen molar-refractivity contribution >= 4 is 29.0 Å².